The van der Waals surface area contributed by atoms with Gasteiger partial charge in [-0.25, -0.2) is 0 Å². The Morgan fingerprint density at radius 3 is 1.91 bits per heavy atom. The molecule has 0 spiro atoms. The van der Waals surface area contributed by atoms with Crippen LogP contribution in [0.4, 0.5) is 0 Å². The Kier molecular flexibility index (Phi) is 5.97. The summed E-state index contributed by atoms with van der Waals surface area (Å²) in [5.41, 5.74) is 7.89. The van der Waals surface area contributed by atoms with Crippen molar-refractivity contribution in [3.05, 3.63) is 70.9 Å². The third kappa shape index (κ3) is 5.07. The molecule has 0 saturated carbocycles. The summed E-state index contributed by atoms with van der Waals surface area (Å²) in [5.74, 6) is 0.936. The zero-order chi connectivity index (χ0) is 26.3. The molecule has 0 saturated heterocycles. The third-order valence-electron chi connectivity index (χ3n) is 6.34. The molecule has 0 unspecified atom stereocenters. The molecule has 0 bridgehead atoms. The van der Waals surface area contributed by atoms with Gasteiger partial charge in [0.15, 0.2) is 0 Å². The molecule has 32 heavy (non-hydrogen) atoms. The first-order valence-corrected chi connectivity index (χ1v) is 15.4. The molecule has 0 amide bonds. The fraction of sp³-hybridized carbons (Fsp3) is 0.433. The maximum Gasteiger partial charge on any atom is 0.0777 e. The molecule has 0 aliphatic rings. The van der Waals surface area contributed by atoms with Gasteiger partial charge in [0.1, 0.15) is 0 Å². The van der Waals surface area contributed by atoms with Crippen molar-refractivity contribution in [3.8, 4) is 22.4 Å². The molecule has 3 rings (SSSR count). The molecule has 170 valence electrons. The summed E-state index contributed by atoms with van der Waals surface area (Å²) in [6, 6.07) is 14.7. The molecule has 0 atom stereocenters. The van der Waals surface area contributed by atoms with Crippen LogP contribution in [0.2, 0.25) is 19.6 Å². The molecule has 1 aromatic heterocycles. The first-order chi connectivity index (χ1) is 16.1. The van der Waals surface area contributed by atoms with Gasteiger partial charge < -0.3 is 0 Å². The quantitative estimate of drug-likeness (QED) is 0.345. The van der Waals surface area contributed by atoms with E-state index in [9.17, 15) is 0 Å². The number of aromatic nitrogens is 1. The number of aryl methyl sites for hydroxylation is 1. The minimum atomic E-state index is -2.21. The van der Waals surface area contributed by atoms with E-state index in [4.69, 9.17) is 4.11 Å². The van der Waals surface area contributed by atoms with Crippen LogP contribution in [0, 0.1) is 6.85 Å². The second-order valence-electron chi connectivity index (χ2n) is 11.0. The van der Waals surface area contributed by atoms with E-state index < -0.39 is 14.9 Å². The molecule has 0 aliphatic heterocycles. The number of pyridine rings is 1. The normalized spacial score (nSPS) is 14.1. The minimum absolute atomic E-state index is 0.266. The second kappa shape index (κ2) is 9.35. The van der Waals surface area contributed by atoms with Gasteiger partial charge >= 0.3 is 0 Å². The Morgan fingerprint density at radius 2 is 1.41 bits per heavy atom. The number of benzene rings is 2. The van der Waals surface area contributed by atoms with E-state index in [1.54, 1.807) is 6.07 Å². The summed E-state index contributed by atoms with van der Waals surface area (Å²) >= 11 is 0. The number of hydrogen-bond donors (Lipinski definition) is 0. The summed E-state index contributed by atoms with van der Waals surface area (Å²) in [5, 5.41) is 1.34. The lowest BCUT2D eigenvalue weighted by molar-refractivity contribution is 0.807. The van der Waals surface area contributed by atoms with Crippen molar-refractivity contribution in [1.29, 1.82) is 0 Å². The third-order valence-corrected chi connectivity index (χ3v) is 8.39. The summed E-state index contributed by atoms with van der Waals surface area (Å²) < 4.78 is 25.0. The summed E-state index contributed by atoms with van der Waals surface area (Å²) in [6.45, 7) is 18.0. The highest BCUT2D eigenvalue weighted by atomic mass is 28.3. The average molecular weight is 447 g/mol. The molecular formula is C30H41NSi. The number of rotatable bonds is 6. The fourth-order valence-corrected chi connectivity index (χ4v) is 5.38. The topological polar surface area (TPSA) is 12.9 Å². The predicted octanol–water partition coefficient (Wildman–Crippen LogP) is 8.64. The zero-order valence-electron chi connectivity index (χ0n) is 24.3. The van der Waals surface area contributed by atoms with Gasteiger partial charge in [0.2, 0.25) is 0 Å². The van der Waals surface area contributed by atoms with E-state index in [0.29, 0.717) is 11.5 Å². The van der Waals surface area contributed by atoms with Gasteiger partial charge in [-0.05, 0) is 76.2 Å². The number of nitrogens with zero attached hydrogens (tertiary/aromatic N) is 1. The van der Waals surface area contributed by atoms with Gasteiger partial charge in [-0.15, -0.1) is 0 Å². The summed E-state index contributed by atoms with van der Waals surface area (Å²) in [4.78, 5) is 4.68. The van der Waals surface area contributed by atoms with Crippen molar-refractivity contribution in [1.82, 2.24) is 4.98 Å². The smallest absolute Gasteiger partial charge is 0.0777 e. The van der Waals surface area contributed by atoms with Gasteiger partial charge in [-0.2, -0.15) is 0 Å². The predicted molar refractivity (Wildman–Crippen MR) is 145 cm³/mol. The second-order valence-corrected chi connectivity index (χ2v) is 16.1. The number of hydrogen-bond acceptors (Lipinski definition) is 1. The molecular weight excluding hydrogens is 402 g/mol. The molecule has 0 aliphatic carbocycles. The van der Waals surface area contributed by atoms with Crippen molar-refractivity contribution in [2.24, 2.45) is 0 Å². The van der Waals surface area contributed by atoms with E-state index in [-0.39, 0.29) is 11.8 Å². The lowest BCUT2D eigenvalue weighted by Gasteiger charge is -2.24. The molecule has 1 heterocycles. The highest BCUT2D eigenvalue weighted by Gasteiger charge is 2.21. The zero-order valence-corrected chi connectivity index (χ0v) is 22.3. The van der Waals surface area contributed by atoms with Crippen LogP contribution in [0.1, 0.15) is 85.7 Å². The van der Waals surface area contributed by atoms with Gasteiger partial charge in [0.05, 0.1) is 13.8 Å². The van der Waals surface area contributed by atoms with E-state index in [0.717, 1.165) is 22.4 Å². The SMILES string of the molecule is [2H]C([2H])([2H])c1ccc(-c2cc([Si](C)(C)C)ccn2)cc1-c1c(C(C)C)cc(C(C)C)cc1C(C)C. The summed E-state index contributed by atoms with van der Waals surface area (Å²) in [6.07, 6.45) is 1.89. The van der Waals surface area contributed by atoms with Gasteiger partial charge in [-0.1, -0.05) is 90.6 Å². The van der Waals surface area contributed by atoms with Crippen LogP contribution < -0.4 is 5.19 Å². The Balaban J connectivity index is 2.40. The fourth-order valence-electron chi connectivity index (χ4n) is 4.23. The lowest BCUT2D eigenvalue weighted by Crippen LogP contribution is -2.37. The Morgan fingerprint density at radius 1 is 0.781 bits per heavy atom. The Hall–Kier alpha value is -2.19. The highest BCUT2D eigenvalue weighted by Crippen LogP contribution is 2.41. The Bertz CT molecular complexity index is 1170. The van der Waals surface area contributed by atoms with E-state index >= 15 is 0 Å². The molecule has 2 aromatic carbocycles. The van der Waals surface area contributed by atoms with Crippen molar-refractivity contribution in [3.63, 3.8) is 0 Å². The first kappa shape index (κ1) is 20.4. The van der Waals surface area contributed by atoms with Crippen molar-refractivity contribution in [2.45, 2.75) is 85.8 Å². The maximum atomic E-state index is 8.34. The van der Waals surface area contributed by atoms with Gasteiger partial charge in [0, 0.05) is 15.9 Å². The minimum Gasteiger partial charge on any atom is -0.256 e. The maximum absolute atomic E-state index is 8.34. The highest BCUT2D eigenvalue weighted by molar-refractivity contribution is 6.88. The molecule has 0 radical (unpaired) electrons. The molecule has 0 fully saturated rings. The van der Waals surface area contributed by atoms with Crippen molar-refractivity contribution >= 4 is 13.3 Å². The van der Waals surface area contributed by atoms with Crippen LogP contribution >= 0.6 is 0 Å². The molecule has 0 N–H and O–H groups in total. The van der Waals surface area contributed by atoms with Crippen molar-refractivity contribution in [2.75, 3.05) is 0 Å². The van der Waals surface area contributed by atoms with Crippen molar-refractivity contribution < 1.29 is 4.11 Å². The molecule has 1 nitrogen and oxygen atoms in total. The van der Waals surface area contributed by atoms with Crippen LogP contribution in [0.15, 0.2) is 48.7 Å². The van der Waals surface area contributed by atoms with E-state index in [1.807, 2.05) is 12.3 Å². The van der Waals surface area contributed by atoms with Gasteiger partial charge in [-0.3, -0.25) is 4.98 Å². The average Bonchev–Trinajstić information content (AvgIpc) is 2.76. The van der Waals surface area contributed by atoms with Crippen LogP contribution in [-0.2, 0) is 0 Å². The Labute approximate surface area is 201 Å². The van der Waals surface area contributed by atoms with Gasteiger partial charge in [0.25, 0.3) is 0 Å². The summed E-state index contributed by atoms with van der Waals surface area (Å²) in [7, 11) is -1.51. The standard InChI is InChI=1S/C30H41NSi/c1-19(2)24-16-26(20(3)4)30(27(17-24)21(5)6)28-15-23(12-11-22(28)7)29-18-25(13-14-31-29)32(8,9)10/h11-21H,1-10H3/i7D3. The molecule has 3 aromatic rings. The molecule has 2 heteroatoms. The van der Waals surface area contributed by atoms with E-state index in [1.165, 1.54) is 21.9 Å². The van der Waals surface area contributed by atoms with Crippen LogP contribution in [0.5, 0.6) is 0 Å². The van der Waals surface area contributed by atoms with Crippen LogP contribution in [0.25, 0.3) is 22.4 Å². The largest absolute Gasteiger partial charge is 0.256 e. The lowest BCUT2D eigenvalue weighted by atomic mass is 9.80. The van der Waals surface area contributed by atoms with Crippen LogP contribution in [0.3, 0.4) is 0 Å². The first-order valence-electron chi connectivity index (χ1n) is 13.4. The monoisotopic (exact) mass is 446 g/mol. The van der Waals surface area contributed by atoms with E-state index in [2.05, 4.69) is 96.5 Å². The van der Waals surface area contributed by atoms with Crippen LogP contribution in [-0.4, -0.2) is 13.1 Å².